The maximum absolute atomic E-state index is 13.8. The fourth-order valence-electron chi connectivity index (χ4n) is 3.76. The van der Waals surface area contributed by atoms with Crippen LogP contribution in [0.25, 0.3) is 22.6 Å². The number of aryl methyl sites for hydroxylation is 2. The highest BCUT2D eigenvalue weighted by atomic mass is 19.3. The predicted octanol–water partition coefficient (Wildman–Crippen LogP) is 4.55. The van der Waals surface area contributed by atoms with Crippen LogP contribution in [0.4, 0.5) is 20.3 Å². The number of methoxy groups -OCH3 is 1. The van der Waals surface area contributed by atoms with E-state index in [1.54, 1.807) is 36.0 Å². The van der Waals surface area contributed by atoms with Gasteiger partial charge in [0.05, 0.1) is 42.0 Å². The van der Waals surface area contributed by atoms with Gasteiger partial charge in [0.2, 0.25) is 0 Å². The molecule has 0 aromatic carbocycles. The fraction of sp³-hybridized carbons (Fsp3) is 0.167. The molecule has 0 saturated heterocycles. The number of hydrogen-bond acceptors (Lipinski definition) is 8. The van der Waals surface area contributed by atoms with Crippen LogP contribution in [-0.4, -0.2) is 41.7 Å². The summed E-state index contributed by atoms with van der Waals surface area (Å²) in [7, 11) is 1.54. The Morgan fingerprint density at radius 3 is 2.61 bits per heavy atom. The highest BCUT2D eigenvalue weighted by Gasteiger charge is 2.21. The molecule has 180 valence electrons. The van der Waals surface area contributed by atoms with Crippen molar-refractivity contribution in [1.82, 2.24) is 34.6 Å². The first-order chi connectivity index (χ1) is 17.4. The number of nitriles is 1. The van der Waals surface area contributed by atoms with Crippen LogP contribution in [0.3, 0.4) is 0 Å². The standard InChI is InChI=1S/C24H19F2N9O/c1-13-4-7-22(32-31-13)29-19-12-34-20(9-21(19)36-3)17(11-28-34)18-6-5-16(23(25)26)24(30-18)35-14(2)8-15(10-27)33-35/h4-9,11-12,23H,1-3H3,(H,29,32). The molecular formula is C24H19F2N9O. The zero-order chi connectivity index (χ0) is 25.4. The number of alkyl halides is 2. The first-order valence-corrected chi connectivity index (χ1v) is 10.8. The minimum Gasteiger partial charge on any atom is -0.494 e. The summed E-state index contributed by atoms with van der Waals surface area (Å²) in [6, 6.07) is 11.6. The van der Waals surface area contributed by atoms with Gasteiger partial charge in [-0.1, -0.05) is 0 Å². The topological polar surface area (TPSA) is 119 Å². The Labute approximate surface area is 203 Å². The third-order valence-corrected chi connectivity index (χ3v) is 5.52. The van der Waals surface area contributed by atoms with Gasteiger partial charge in [0.15, 0.2) is 17.3 Å². The average molecular weight is 487 g/mol. The summed E-state index contributed by atoms with van der Waals surface area (Å²) in [6.07, 6.45) is 0.540. The SMILES string of the molecule is COc1cc2c(-c3ccc(C(F)F)c(-n4nc(C#N)cc4C)n3)cnn2cc1Nc1ccc(C)nn1. The number of rotatable bonds is 6. The lowest BCUT2D eigenvalue weighted by molar-refractivity contribution is 0.150. The third kappa shape index (κ3) is 4.07. The van der Waals surface area contributed by atoms with E-state index in [0.29, 0.717) is 39.7 Å². The van der Waals surface area contributed by atoms with Crippen LogP contribution in [0.2, 0.25) is 0 Å². The third-order valence-electron chi connectivity index (χ3n) is 5.52. The number of fused-ring (bicyclic) bond motifs is 1. The van der Waals surface area contributed by atoms with E-state index in [4.69, 9.17) is 4.74 Å². The van der Waals surface area contributed by atoms with Gasteiger partial charge in [-0.3, -0.25) is 0 Å². The molecule has 0 saturated carbocycles. The molecule has 0 atom stereocenters. The fourth-order valence-corrected chi connectivity index (χ4v) is 3.76. The number of aromatic nitrogens is 7. The Hall–Kier alpha value is -4.92. The van der Waals surface area contributed by atoms with E-state index < -0.39 is 6.43 Å². The van der Waals surface area contributed by atoms with Gasteiger partial charge in [-0.2, -0.15) is 20.6 Å². The number of ether oxygens (including phenoxy) is 1. The summed E-state index contributed by atoms with van der Waals surface area (Å²) in [4.78, 5) is 4.50. The van der Waals surface area contributed by atoms with Crippen molar-refractivity contribution < 1.29 is 13.5 Å². The second kappa shape index (κ2) is 9.03. The Morgan fingerprint density at radius 1 is 1.11 bits per heavy atom. The molecule has 0 amide bonds. The molecule has 5 rings (SSSR count). The van der Waals surface area contributed by atoms with E-state index in [-0.39, 0.29) is 17.1 Å². The van der Waals surface area contributed by atoms with Crippen molar-refractivity contribution in [2.75, 3.05) is 12.4 Å². The van der Waals surface area contributed by atoms with Crippen molar-refractivity contribution in [1.29, 1.82) is 5.26 Å². The largest absolute Gasteiger partial charge is 0.494 e. The first-order valence-electron chi connectivity index (χ1n) is 10.8. The molecule has 10 nitrogen and oxygen atoms in total. The predicted molar refractivity (Wildman–Crippen MR) is 127 cm³/mol. The van der Waals surface area contributed by atoms with E-state index in [0.717, 1.165) is 5.69 Å². The summed E-state index contributed by atoms with van der Waals surface area (Å²) in [5, 5.41) is 29.0. The van der Waals surface area contributed by atoms with Gasteiger partial charge >= 0.3 is 0 Å². The summed E-state index contributed by atoms with van der Waals surface area (Å²) >= 11 is 0. The van der Waals surface area contributed by atoms with E-state index in [1.165, 1.54) is 30.0 Å². The van der Waals surface area contributed by atoms with Crippen LogP contribution < -0.4 is 10.1 Å². The molecule has 0 fully saturated rings. The number of anilines is 2. The molecule has 1 N–H and O–H groups in total. The summed E-state index contributed by atoms with van der Waals surface area (Å²) in [5.74, 6) is 0.993. The first kappa shape index (κ1) is 22.9. The molecule has 0 aliphatic carbocycles. The summed E-state index contributed by atoms with van der Waals surface area (Å²) < 4.78 is 36.1. The van der Waals surface area contributed by atoms with Crippen molar-refractivity contribution in [2.45, 2.75) is 20.3 Å². The van der Waals surface area contributed by atoms with E-state index in [9.17, 15) is 14.0 Å². The molecule has 0 spiro atoms. The van der Waals surface area contributed by atoms with Crippen molar-refractivity contribution in [3.05, 3.63) is 71.4 Å². The zero-order valence-electron chi connectivity index (χ0n) is 19.4. The van der Waals surface area contributed by atoms with Crippen molar-refractivity contribution in [3.8, 4) is 28.9 Å². The number of nitrogens with zero attached hydrogens (tertiary/aromatic N) is 8. The maximum Gasteiger partial charge on any atom is 0.267 e. The second-order valence-electron chi connectivity index (χ2n) is 7.93. The van der Waals surface area contributed by atoms with Gasteiger partial charge in [-0.05, 0) is 44.2 Å². The highest BCUT2D eigenvalue weighted by molar-refractivity contribution is 5.81. The Kier molecular flexibility index (Phi) is 5.73. The lowest BCUT2D eigenvalue weighted by Crippen LogP contribution is -2.07. The summed E-state index contributed by atoms with van der Waals surface area (Å²) in [5.41, 5.74) is 3.37. The molecule has 5 heterocycles. The van der Waals surface area contributed by atoms with Gasteiger partial charge < -0.3 is 10.1 Å². The monoisotopic (exact) mass is 487 g/mol. The Morgan fingerprint density at radius 2 is 1.94 bits per heavy atom. The average Bonchev–Trinajstić information content (AvgIpc) is 3.47. The van der Waals surface area contributed by atoms with Crippen LogP contribution in [0.1, 0.15) is 29.1 Å². The zero-order valence-corrected chi connectivity index (χ0v) is 19.4. The smallest absolute Gasteiger partial charge is 0.267 e. The van der Waals surface area contributed by atoms with Crippen LogP contribution >= 0.6 is 0 Å². The summed E-state index contributed by atoms with van der Waals surface area (Å²) in [6.45, 7) is 3.52. The van der Waals surface area contributed by atoms with Crippen LogP contribution in [0.5, 0.6) is 5.75 Å². The molecule has 0 radical (unpaired) electrons. The molecule has 0 aliphatic rings. The molecule has 5 aromatic heterocycles. The molecule has 36 heavy (non-hydrogen) atoms. The molecule has 5 aromatic rings. The van der Waals surface area contributed by atoms with Gasteiger partial charge in [-0.15, -0.1) is 5.10 Å². The quantitative estimate of drug-likeness (QED) is 0.371. The molecular weight excluding hydrogens is 468 g/mol. The molecule has 0 unspecified atom stereocenters. The van der Waals surface area contributed by atoms with Crippen LogP contribution in [-0.2, 0) is 0 Å². The number of halogens is 2. The van der Waals surface area contributed by atoms with Crippen molar-refractivity contribution >= 4 is 17.0 Å². The normalized spacial score (nSPS) is 11.1. The van der Waals surface area contributed by atoms with Gasteiger partial charge in [0.25, 0.3) is 6.43 Å². The highest BCUT2D eigenvalue weighted by Crippen LogP contribution is 2.34. The second-order valence-corrected chi connectivity index (χ2v) is 7.93. The van der Waals surface area contributed by atoms with E-state index in [2.05, 4.69) is 30.7 Å². The Bertz CT molecular complexity index is 1620. The molecule has 0 bridgehead atoms. The van der Waals surface area contributed by atoms with Crippen LogP contribution in [0.15, 0.2) is 48.8 Å². The number of hydrogen-bond donors (Lipinski definition) is 1. The minimum absolute atomic E-state index is 0.0518. The molecule has 12 heteroatoms. The van der Waals surface area contributed by atoms with Crippen molar-refractivity contribution in [2.24, 2.45) is 0 Å². The van der Waals surface area contributed by atoms with Crippen molar-refractivity contribution in [3.63, 3.8) is 0 Å². The number of pyridine rings is 2. The van der Waals surface area contributed by atoms with Crippen LogP contribution in [0, 0.1) is 25.2 Å². The molecule has 0 aliphatic heterocycles. The Balaban J connectivity index is 1.60. The lowest BCUT2D eigenvalue weighted by atomic mass is 10.1. The van der Waals surface area contributed by atoms with E-state index in [1.807, 2.05) is 19.1 Å². The van der Waals surface area contributed by atoms with Gasteiger partial charge in [-0.25, -0.2) is 23.0 Å². The maximum atomic E-state index is 13.8. The lowest BCUT2D eigenvalue weighted by Gasteiger charge is -2.13. The number of nitrogens with one attached hydrogen (secondary N) is 1. The van der Waals surface area contributed by atoms with Gasteiger partial charge in [0.1, 0.15) is 17.5 Å². The van der Waals surface area contributed by atoms with Gasteiger partial charge in [0, 0.05) is 17.3 Å². The van der Waals surface area contributed by atoms with E-state index >= 15 is 0 Å². The minimum atomic E-state index is -2.78.